The van der Waals surface area contributed by atoms with Gasteiger partial charge in [-0.2, -0.15) is 4.98 Å². The zero-order valence-electron chi connectivity index (χ0n) is 15.4. The Morgan fingerprint density at radius 2 is 1.72 bits per heavy atom. The summed E-state index contributed by atoms with van der Waals surface area (Å²) < 4.78 is 23.7. The van der Waals surface area contributed by atoms with Crippen molar-refractivity contribution in [3.63, 3.8) is 0 Å². The van der Waals surface area contributed by atoms with Gasteiger partial charge in [-0.15, -0.1) is 0 Å². The van der Waals surface area contributed by atoms with E-state index in [9.17, 15) is 9.18 Å². The quantitative estimate of drug-likeness (QED) is 0.530. The lowest BCUT2D eigenvalue weighted by atomic mass is 10.1. The molecule has 4 aromatic rings. The van der Waals surface area contributed by atoms with Crippen molar-refractivity contribution in [3.05, 3.63) is 84.2 Å². The van der Waals surface area contributed by atoms with Gasteiger partial charge in [0.25, 0.3) is 11.8 Å². The van der Waals surface area contributed by atoms with Crippen molar-refractivity contribution in [2.24, 2.45) is 0 Å². The molecule has 6 nitrogen and oxygen atoms in total. The fourth-order valence-electron chi connectivity index (χ4n) is 2.78. The van der Waals surface area contributed by atoms with Crippen LogP contribution in [-0.4, -0.2) is 23.2 Å². The Balaban J connectivity index is 1.50. The molecule has 0 saturated carbocycles. The first-order valence-corrected chi connectivity index (χ1v) is 8.78. The monoisotopic (exact) mass is 389 g/mol. The van der Waals surface area contributed by atoms with E-state index < -0.39 is 5.82 Å². The molecule has 0 aliphatic rings. The minimum absolute atomic E-state index is 0.325. The summed E-state index contributed by atoms with van der Waals surface area (Å²) in [5.41, 5.74) is 2.40. The van der Waals surface area contributed by atoms with Crippen LogP contribution in [0, 0.1) is 5.82 Å². The van der Waals surface area contributed by atoms with E-state index >= 15 is 0 Å². The molecule has 144 valence electrons. The predicted molar refractivity (Wildman–Crippen MR) is 106 cm³/mol. The highest BCUT2D eigenvalue weighted by atomic mass is 19.1. The van der Waals surface area contributed by atoms with Crippen LogP contribution in [0.5, 0.6) is 5.75 Å². The van der Waals surface area contributed by atoms with Gasteiger partial charge in [0.2, 0.25) is 5.82 Å². The first kappa shape index (κ1) is 18.4. The summed E-state index contributed by atoms with van der Waals surface area (Å²) in [4.78, 5) is 16.6. The normalized spacial score (nSPS) is 10.6. The number of methoxy groups -OCH3 is 1. The number of amides is 1. The Kier molecular flexibility index (Phi) is 5.03. The molecule has 0 aliphatic carbocycles. The third-order valence-corrected chi connectivity index (χ3v) is 4.27. The van der Waals surface area contributed by atoms with Crippen LogP contribution in [0.25, 0.3) is 22.8 Å². The average molecular weight is 389 g/mol. The van der Waals surface area contributed by atoms with Crippen LogP contribution in [0.3, 0.4) is 0 Å². The molecule has 0 fully saturated rings. The number of halogens is 1. The number of ether oxygens (including phenoxy) is 1. The number of anilines is 1. The van der Waals surface area contributed by atoms with Crippen molar-refractivity contribution in [1.82, 2.24) is 10.1 Å². The molecule has 0 bridgehead atoms. The third kappa shape index (κ3) is 3.98. The summed E-state index contributed by atoms with van der Waals surface area (Å²) in [6, 6.07) is 19.7. The molecule has 0 spiro atoms. The van der Waals surface area contributed by atoms with E-state index in [1.807, 2.05) is 24.3 Å². The summed E-state index contributed by atoms with van der Waals surface area (Å²) in [7, 11) is 1.58. The zero-order chi connectivity index (χ0) is 20.2. The molecule has 29 heavy (non-hydrogen) atoms. The standard InChI is InChI=1S/C22H16FN3O3/c1-28-19-5-3-2-4-18(19)20-25-22(29-26-20)15-8-12-17(13-9-15)24-21(27)14-6-10-16(23)11-7-14/h2-13H,1H3,(H,24,27). The minimum Gasteiger partial charge on any atom is -0.496 e. The zero-order valence-corrected chi connectivity index (χ0v) is 15.4. The molecule has 1 N–H and O–H groups in total. The molecule has 0 saturated heterocycles. The largest absolute Gasteiger partial charge is 0.496 e. The van der Waals surface area contributed by atoms with Gasteiger partial charge in [0.15, 0.2) is 0 Å². The number of nitrogens with one attached hydrogen (secondary N) is 1. The molecule has 7 heteroatoms. The van der Waals surface area contributed by atoms with Gasteiger partial charge < -0.3 is 14.6 Å². The SMILES string of the molecule is COc1ccccc1-c1noc(-c2ccc(NC(=O)c3ccc(F)cc3)cc2)n1. The Morgan fingerprint density at radius 1 is 1.00 bits per heavy atom. The number of carbonyl (C=O) groups is 1. The molecule has 1 amide bonds. The highest BCUT2D eigenvalue weighted by Crippen LogP contribution is 2.29. The summed E-state index contributed by atoms with van der Waals surface area (Å²) in [6.07, 6.45) is 0. The summed E-state index contributed by atoms with van der Waals surface area (Å²) in [6.45, 7) is 0. The topological polar surface area (TPSA) is 77.3 Å². The van der Waals surface area contributed by atoms with E-state index in [4.69, 9.17) is 9.26 Å². The average Bonchev–Trinajstić information content (AvgIpc) is 3.25. The number of benzene rings is 3. The Bertz CT molecular complexity index is 1140. The first-order chi connectivity index (χ1) is 14.1. The van der Waals surface area contributed by atoms with E-state index in [0.717, 1.165) is 5.56 Å². The number of aromatic nitrogens is 2. The van der Waals surface area contributed by atoms with E-state index in [1.165, 1.54) is 24.3 Å². The number of carbonyl (C=O) groups excluding carboxylic acids is 1. The third-order valence-electron chi connectivity index (χ3n) is 4.27. The number of rotatable bonds is 5. The van der Waals surface area contributed by atoms with Gasteiger partial charge in [-0.05, 0) is 60.7 Å². The smallest absolute Gasteiger partial charge is 0.258 e. The predicted octanol–water partition coefficient (Wildman–Crippen LogP) is 4.80. The van der Waals surface area contributed by atoms with Crippen molar-refractivity contribution in [1.29, 1.82) is 0 Å². The van der Waals surface area contributed by atoms with Crippen LogP contribution >= 0.6 is 0 Å². The lowest BCUT2D eigenvalue weighted by molar-refractivity contribution is 0.102. The van der Waals surface area contributed by atoms with Crippen molar-refractivity contribution < 1.29 is 18.4 Å². The van der Waals surface area contributed by atoms with Crippen molar-refractivity contribution in [2.75, 3.05) is 12.4 Å². The van der Waals surface area contributed by atoms with Gasteiger partial charge in [0.05, 0.1) is 12.7 Å². The summed E-state index contributed by atoms with van der Waals surface area (Å²) in [5, 5.41) is 6.78. The van der Waals surface area contributed by atoms with Gasteiger partial charge in [-0.1, -0.05) is 17.3 Å². The Morgan fingerprint density at radius 3 is 2.45 bits per heavy atom. The Labute approximate surface area is 166 Å². The molecule has 0 radical (unpaired) electrons. The highest BCUT2D eigenvalue weighted by molar-refractivity contribution is 6.04. The van der Waals surface area contributed by atoms with Crippen LogP contribution in [-0.2, 0) is 0 Å². The fourth-order valence-corrected chi connectivity index (χ4v) is 2.78. The maximum atomic E-state index is 13.0. The molecule has 1 heterocycles. The van der Waals surface area contributed by atoms with Crippen molar-refractivity contribution in [2.45, 2.75) is 0 Å². The molecule has 0 unspecified atom stereocenters. The van der Waals surface area contributed by atoms with Crippen LogP contribution in [0.15, 0.2) is 77.3 Å². The molecule has 0 atom stereocenters. The molecule has 4 rings (SSSR count). The molecule has 1 aromatic heterocycles. The number of nitrogens with zero attached hydrogens (tertiary/aromatic N) is 2. The molecule has 3 aromatic carbocycles. The van der Waals surface area contributed by atoms with Crippen LogP contribution < -0.4 is 10.1 Å². The Hall–Kier alpha value is -4.00. The van der Waals surface area contributed by atoms with Crippen molar-refractivity contribution >= 4 is 11.6 Å². The maximum absolute atomic E-state index is 13.0. The van der Waals surface area contributed by atoms with Gasteiger partial charge >= 0.3 is 0 Å². The number of hydrogen-bond donors (Lipinski definition) is 1. The number of hydrogen-bond acceptors (Lipinski definition) is 5. The second kappa shape index (κ2) is 7.93. The van der Waals surface area contributed by atoms with Crippen molar-refractivity contribution in [3.8, 4) is 28.6 Å². The summed E-state index contributed by atoms with van der Waals surface area (Å²) >= 11 is 0. The van der Waals surface area contributed by atoms with Gasteiger partial charge in [0.1, 0.15) is 11.6 Å². The van der Waals surface area contributed by atoms with Gasteiger partial charge in [-0.3, -0.25) is 4.79 Å². The molecule has 0 aliphatic heterocycles. The van der Waals surface area contributed by atoms with E-state index in [2.05, 4.69) is 15.5 Å². The summed E-state index contributed by atoms with van der Waals surface area (Å²) in [5.74, 6) is 0.708. The van der Waals surface area contributed by atoms with Crippen LogP contribution in [0.2, 0.25) is 0 Å². The first-order valence-electron chi connectivity index (χ1n) is 8.78. The van der Waals surface area contributed by atoms with Crippen LogP contribution in [0.1, 0.15) is 10.4 Å². The molecular formula is C22H16FN3O3. The second-order valence-corrected chi connectivity index (χ2v) is 6.16. The lowest BCUT2D eigenvalue weighted by Gasteiger charge is -2.05. The lowest BCUT2D eigenvalue weighted by Crippen LogP contribution is -2.11. The number of para-hydroxylation sites is 1. The minimum atomic E-state index is -0.391. The van der Waals surface area contributed by atoms with E-state index in [0.29, 0.717) is 34.3 Å². The van der Waals surface area contributed by atoms with Gasteiger partial charge in [-0.25, -0.2) is 4.39 Å². The van der Waals surface area contributed by atoms with E-state index in [-0.39, 0.29) is 5.91 Å². The fraction of sp³-hybridized carbons (Fsp3) is 0.0455. The second-order valence-electron chi connectivity index (χ2n) is 6.16. The molecular weight excluding hydrogens is 373 g/mol. The maximum Gasteiger partial charge on any atom is 0.258 e. The van der Waals surface area contributed by atoms with Crippen LogP contribution in [0.4, 0.5) is 10.1 Å². The highest BCUT2D eigenvalue weighted by Gasteiger charge is 2.14. The van der Waals surface area contributed by atoms with Gasteiger partial charge in [0, 0.05) is 16.8 Å². The van der Waals surface area contributed by atoms with E-state index in [1.54, 1.807) is 31.4 Å².